The minimum Gasteiger partial charge on any atom is -0.409 e. The van der Waals surface area contributed by atoms with E-state index in [1.165, 1.54) is 6.20 Å². The van der Waals surface area contributed by atoms with E-state index < -0.39 is 0 Å². The molecule has 7 nitrogen and oxygen atoms in total. The van der Waals surface area contributed by atoms with Gasteiger partial charge in [0.1, 0.15) is 5.69 Å². The van der Waals surface area contributed by atoms with Gasteiger partial charge in [0.05, 0.1) is 12.6 Å². The van der Waals surface area contributed by atoms with Crippen LogP contribution in [0.1, 0.15) is 22.5 Å². The van der Waals surface area contributed by atoms with Gasteiger partial charge < -0.3 is 20.6 Å². The molecule has 0 bridgehead atoms. The van der Waals surface area contributed by atoms with E-state index in [0.717, 1.165) is 6.42 Å². The van der Waals surface area contributed by atoms with Crippen LogP contribution in [0.3, 0.4) is 0 Å². The molecule has 19 heavy (non-hydrogen) atoms. The third-order valence-corrected chi connectivity index (χ3v) is 3.16. The molecule has 1 saturated heterocycles. The molecular weight excluding hydrogens is 248 g/mol. The highest BCUT2D eigenvalue weighted by atomic mass is 16.5. The van der Waals surface area contributed by atoms with E-state index in [-0.39, 0.29) is 17.8 Å². The lowest BCUT2D eigenvalue weighted by molar-refractivity contribution is 0.0705. The molecule has 2 rings (SSSR count). The van der Waals surface area contributed by atoms with Crippen LogP contribution in [0.2, 0.25) is 0 Å². The summed E-state index contributed by atoms with van der Waals surface area (Å²) in [4.78, 5) is 17.9. The van der Waals surface area contributed by atoms with Crippen LogP contribution in [0.4, 0.5) is 0 Å². The molecule has 0 aliphatic carbocycles. The van der Waals surface area contributed by atoms with Crippen molar-refractivity contribution in [3.05, 3.63) is 29.6 Å². The molecule has 1 aliphatic heterocycles. The molecule has 0 aromatic carbocycles. The largest absolute Gasteiger partial charge is 0.409 e. The smallest absolute Gasteiger partial charge is 0.272 e. The number of pyridine rings is 1. The van der Waals surface area contributed by atoms with E-state index in [1.54, 1.807) is 24.1 Å². The predicted molar refractivity (Wildman–Crippen MR) is 68.1 cm³/mol. The summed E-state index contributed by atoms with van der Waals surface area (Å²) in [5.74, 6) is -0.203. The summed E-state index contributed by atoms with van der Waals surface area (Å²) in [6.45, 7) is 1.24. The van der Waals surface area contributed by atoms with Gasteiger partial charge in [0.25, 0.3) is 5.91 Å². The summed E-state index contributed by atoms with van der Waals surface area (Å²) >= 11 is 0. The fourth-order valence-corrected chi connectivity index (χ4v) is 1.90. The van der Waals surface area contributed by atoms with E-state index in [4.69, 9.17) is 15.7 Å². The Bertz CT molecular complexity index is 480. The van der Waals surface area contributed by atoms with E-state index in [9.17, 15) is 4.79 Å². The Balaban J connectivity index is 2.11. The fourth-order valence-electron chi connectivity index (χ4n) is 1.90. The second kappa shape index (κ2) is 5.66. The van der Waals surface area contributed by atoms with Crippen molar-refractivity contribution in [3.63, 3.8) is 0 Å². The van der Waals surface area contributed by atoms with Crippen LogP contribution in [0, 0.1) is 0 Å². The van der Waals surface area contributed by atoms with Gasteiger partial charge in [-0.3, -0.25) is 9.78 Å². The first-order chi connectivity index (χ1) is 9.13. The van der Waals surface area contributed by atoms with Crippen molar-refractivity contribution in [2.75, 3.05) is 20.3 Å². The van der Waals surface area contributed by atoms with Gasteiger partial charge in [-0.1, -0.05) is 5.16 Å². The third kappa shape index (κ3) is 2.82. The summed E-state index contributed by atoms with van der Waals surface area (Å²) in [6.07, 6.45) is 2.24. The Labute approximate surface area is 110 Å². The minimum absolute atomic E-state index is 0.0379. The molecular formula is C12H16N4O3. The number of likely N-dealkylation sites (N-methyl/N-ethyl adjacent to an activating group) is 1. The molecule has 102 valence electrons. The summed E-state index contributed by atoms with van der Waals surface area (Å²) in [7, 11) is 1.74. The summed E-state index contributed by atoms with van der Waals surface area (Å²) < 4.78 is 5.26. The van der Waals surface area contributed by atoms with Crippen molar-refractivity contribution < 1.29 is 14.7 Å². The number of carbonyl (C=O) groups excluding carboxylic acids is 1. The predicted octanol–water partition coefficient (Wildman–Crippen LogP) is 0.0370. The van der Waals surface area contributed by atoms with Crippen LogP contribution >= 0.6 is 0 Å². The quantitative estimate of drug-likeness (QED) is 0.347. The van der Waals surface area contributed by atoms with Crippen molar-refractivity contribution >= 4 is 11.7 Å². The van der Waals surface area contributed by atoms with Crippen molar-refractivity contribution in [3.8, 4) is 0 Å². The van der Waals surface area contributed by atoms with E-state index in [2.05, 4.69) is 10.1 Å². The zero-order valence-corrected chi connectivity index (χ0v) is 10.6. The van der Waals surface area contributed by atoms with Crippen molar-refractivity contribution in [1.29, 1.82) is 0 Å². The van der Waals surface area contributed by atoms with Gasteiger partial charge >= 0.3 is 0 Å². The van der Waals surface area contributed by atoms with E-state index in [1.807, 2.05) is 0 Å². The standard InChI is InChI=1S/C12H16N4O3/c1-16(9-4-5-19-7-9)12(17)10-3-2-8(6-14-10)11(13)15-18/h2-3,6,9,18H,4-5,7H2,1H3,(H2,13,15). The molecule has 0 radical (unpaired) electrons. The van der Waals surface area contributed by atoms with Crippen LogP contribution in [0.5, 0.6) is 0 Å². The van der Waals surface area contributed by atoms with Crippen LogP contribution in [-0.2, 0) is 4.74 Å². The lowest BCUT2D eigenvalue weighted by Crippen LogP contribution is -2.37. The highest BCUT2D eigenvalue weighted by Gasteiger charge is 2.25. The van der Waals surface area contributed by atoms with Gasteiger partial charge in [-0.25, -0.2) is 0 Å². The molecule has 1 aliphatic rings. The molecule has 3 N–H and O–H groups in total. The van der Waals surface area contributed by atoms with Crippen LogP contribution in [0.15, 0.2) is 23.5 Å². The normalized spacial score (nSPS) is 19.4. The summed E-state index contributed by atoms with van der Waals surface area (Å²) in [6, 6.07) is 3.24. The van der Waals surface area contributed by atoms with Gasteiger partial charge in [-0.15, -0.1) is 0 Å². The average molecular weight is 264 g/mol. The highest BCUT2D eigenvalue weighted by molar-refractivity contribution is 5.98. The van der Waals surface area contributed by atoms with Gasteiger partial charge in [0.15, 0.2) is 5.84 Å². The number of nitrogens with zero attached hydrogens (tertiary/aromatic N) is 3. The Morgan fingerprint density at radius 1 is 1.63 bits per heavy atom. The zero-order valence-electron chi connectivity index (χ0n) is 10.6. The van der Waals surface area contributed by atoms with Crippen molar-refractivity contribution in [2.45, 2.75) is 12.5 Å². The number of rotatable bonds is 3. The maximum atomic E-state index is 12.2. The van der Waals surface area contributed by atoms with E-state index >= 15 is 0 Å². The Morgan fingerprint density at radius 2 is 2.42 bits per heavy atom. The van der Waals surface area contributed by atoms with Crippen molar-refractivity contribution in [2.24, 2.45) is 10.9 Å². The number of amidine groups is 1. The van der Waals surface area contributed by atoms with Crippen LogP contribution in [-0.4, -0.2) is 53.1 Å². The maximum absolute atomic E-state index is 12.2. The lowest BCUT2D eigenvalue weighted by atomic mass is 10.2. The fraction of sp³-hybridized carbons (Fsp3) is 0.417. The molecule has 2 heterocycles. The number of ether oxygens (including phenoxy) is 1. The van der Waals surface area contributed by atoms with Gasteiger partial charge in [-0.2, -0.15) is 0 Å². The molecule has 1 aromatic rings. The molecule has 1 unspecified atom stereocenters. The van der Waals surface area contributed by atoms with Crippen molar-refractivity contribution in [1.82, 2.24) is 9.88 Å². The third-order valence-electron chi connectivity index (χ3n) is 3.16. The molecule has 0 saturated carbocycles. The monoisotopic (exact) mass is 264 g/mol. The Kier molecular flexibility index (Phi) is 3.96. The topological polar surface area (TPSA) is 101 Å². The van der Waals surface area contributed by atoms with Crippen LogP contribution < -0.4 is 5.73 Å². The molecule has 1 fully saturated rings. The maximum Gasteiger partial charge on any atom is 0.272 e. The lowest BCUT2D eigenvalue weighted by Gasteiger charge is -2.22. The highest BCUT2D eigenvalue weighted by Crippen LogP contribution is 2.13. The molecule has 1 aromatic heterocycles. The summed E-state index contributed by atoms with van der Waals surface area (Å²) in [5, 5.41) is 11.4. The SMILES string of the molecule is CN(C(=O)c1ccc(/C(N)=N/O)cn1)C1CCOC1. The second-order valence-electron chi connectivity index (χ2n) is 4.35. The number of nitrogens with two attached hydrogens (primary N) is 1. The van der Waals surface area contributed by atoms with E-state index in [0.29, 0.717) is 24.5 Å². The minimum atomic E-state index is -0.165. The number of aromatic nitrogens is 1. The molecule has 7 heteroatoms. The second-order valence-corrected chi connectivity index (χ2v) is 4.35. The number of oxime groups is 1. The first-order valence-corrected chi connectivity index (χ1v) is 5.92. The first-order valence-electron chi connectivity index (χ1n) is 5.92. The van der Waals surface area contributed by atoms with Gasteiger partial charge in [-0.05, 0) is 18.6 Å². The Morgan fingerprint density at radius 3 is 2.95 bits per heavy atom. The number of carbonyl (C=O) groups is 1. The molecule has 1 atom stereocenters. The van der Waals surface area contributed by atoms with Gasteiger partial charge in [0, 0.05) is 25.4 Å². The molecule has 0 spiro atoms. The molecule has 1 amide bonds. The van der Waals surface area contributed by atoms with Gasteiger partial charge in [0.2, 0.25) is 0 Å². The number of hydrogen-bond donors (Lipinski definition) is 2. The van der Waals surface area contributed by atoms with Crippen LogP contribution in [0.25, 0.3) is 0 Å². The number of amides is 1. The number of hydrogen-bond acceptors (Lipinski definition) is 5. The summed E-state index contributed by atoms with van der Waals surface area (Å²) in [5.41, 5.74) is 6.21. The Hall–Kier alpha value is -2.15. The first kappa shape index (κ1) is 13.3. The zero-order chi connectivity index (χ0) is 13.8. The average Bonchev–Trinajstić information content (AvgIpc) is 2.99.